The molecule has 0 aliphatic rings. The molecule has 32 heavy (non-hydrogen) atoms. The summed E-state index contributed by atoms with van der Waals surface area (Å²) in [7, 11) is 0. The summed E-state index contributed by atoms with van der Waals surface area (Å²) in [6.45, 7) is 5.04. The maximum Gasteiger partial charge on any atom is 0.219 e. The molecule has 4 nitrogen and oxygen atoms in total. The summed E-state index contributed by atoms with van der Waals surface area (Å²) in [6, 6.07) is 0. The number of nitrogens with one attached hydrogen (secondary N) is 2. The van der Waals surface area contributed by atoms with Crippen LogP contribution in [0.1, 0.15) is 148 Å². The van der Waals surface area contributed by atoms with Crippen molar-refractivity contribution in [3.05, 3.63) is 0 Å². The van der Waals surface area contributed by atoms with Gasteiger partial charge in [0.25, 0.3) is 0 Å². The number of amides is 1. The van der Waals surface area contributed by atoms with Crippen molar-refractivity contribution in [2.24, 2.45) is 0 Å². The summed E-state index contributed by atoms with van der Waals surface area (Å²) in [4.78, 5) is 11.8. The molecule has 0 saturated heterocycles. The normalized spacial score (nSPS) is 11.2. The molecule has 0 heterocycles. The predicted molar refractivity (Wildman–Crippen MR) is 140 cm³/mol. The van der Waals surface area contributed by atoms with Gasteiger partial charge in [0, 0.05) is 19.6 Å². The fourth-order valence-corrected chi connectivity index (χ4v) is 4.22. The zero-order chi connectivity index (χ0) is 23.4. The van der Waals surface area contributed by atoms with Crippen LogP contribution in [0.25, 0.3) is 0 Å². The van der Waals surface area contributed by atoms with Crippen LogP contribution in [0.4, 0.5) is 0 Å². The van der Waals surface area contributed by atoms with E-state index in [-0.39, 0.29) is 12.5 Å². The molecule has 0 rings (SSSR count). The van der Waals surface area contributed by atoms with E-state index in [1.807, 2.05) is 0 Å². The average Bonchev–Trinajstić information content (AvgIpc) is 2.80. The summed E-state index contributed by atoms with van der Waals surface area (Å²) in [5.74, 6) is 0.201. The molecule has 1 amide bonds. The highest BCUT2D eigenvalue weighted by Crippen LogP contribution is 2.14. The number of hydrogen-bond acceptors (Lipinski definition) is 3. The maximum atomic E-state index is 11.8. The van der Waals surface area contributed by atoms with Crippen LogP contribution in [0.3, 0.4) is 0 Å². The molecule has 0 bridgehead atoms. The van der Waals surface area contributed by atoms with Crippen LogP contribution < -0.4 is 10.6 Å². The van der Waals surface area contributed by atoms with Crippen molar-refractivity contribution in [2.75, 3.05) is 26.2 Å². The number of aliphatic hydroxyl groups excluding tert-OH is 1. The van der Waals surface area contributed by atoms with E-state index in [1.54, 1.807) is 0 Å². The van der Waals surface area contributed by atoms with Gasteiger partial charge in [-0.1, -0.05) is 122 Å². The number of carbonyl (C=O) groups is 1. The Balaban J connectivity index is 3.10. The first-order valence-corrected chi connectivity index (χ1v) is 14.4. The number of carbonyl (C=O) groups excluding carboxylic acids is 1. The number of aliphatic hydroxyl groups is 1. The van der Waals surface area contributed by atoms with Crippen molar-refractivity contribution in [1.29, 1.82) is 0 Å². The molecule has 0 aliphatic heterocycles. The third-order valence-electron chi connectivity index (χ3n) is 6.37. The highest BCUT2D eigenvalue weighted by atomic mass is 16.3. The van der Waals surface area contributed by atoms with Gasteiger partial charge in [0.15, 0.2) is 0 Å². The highest BCUT2D eigenvalue weighted by molar-refractivity contribution is 5.75. The Kier molecular flexibility index (Phi) is 27.9. The van der Waals surface area contributed by atoms with E-state index in [1.165, 1.54) is 116 Å². The molecule has 0 fully saturated rings. The third-order valence-corrected chi connectivity index (χ3v) is 6.37. The molecule has 0 aromatic heterocycles. The molecule has 3 N–H and O–H groups in total. The standard InChI is InChI=1S/C28H58N2O2/c1-2-3-4-5-6-7-8-9-10-11-12-13-14-15-16-17-18-19-20-23-28(32)30-26-21-24-29-25-22-27-31/h29,31H,2-27H2,1H3,(H,30,32). The van der Waals surface area contributed by atoms with Crippen molar-refractivity contribution < 1.29 is 9.90 Å². The van der Waals surface area contributed by atoms with Gasteiger partial charge >= 0.3 is 0 Å². The van der Waals surface area contributed by atoms with Gasteiger partial charge < -0.3 is 15.7 Å². The second kappa shape index (κ2) is 28.4. The van der Waals surface area contributed by atoms with Crippen molar-refractivity contribution in [1.82, 2.24) is 10.6 Å². The van der Waals surface area contributed by atoms with Gasteiger partial charge in [-0.3, -0.25) is 4.79 Å². The Hall–Kier alpha value is -0.610. The summed E-state index contributed by atoms with van der Waals surface area (Å²) in [5.41, 5.74) is 0. The van der Waals surface area contributed by atoms with Gasteiger partial charge in [0.1, 0.15) is 0 Å². The van der Waals surface area contributed by atoms with Gasteiger partial charge in [0.2, 0.25) is 5.91 Å². The zero-order valence-corrected chi connectivity index (χ0v) is 21.7. The van der Waals surface area contributed by atoms with Crippen molar-refractivity contribution in [3.8, 4) is 0 Å². The lowest BCUT2D eigenvalue weighted by molar-refractivity contribution is -0.121. The zero-order valence-electron chi connectivity index (χ0n) is 21.7. The molecule has 0 aromatic rings. The second-order valence-corrected chi connectivity index (χ2v) is 9.64. The van der Waals surface area contributed by atoms with Crippen LogP contribution in [0, 0.1) is 0 Å². The molecule has 0 atom stereocenters. The molecule has 0 aliphatic carbocycles. The van der Waals surface area contributed by atoms with E-state index in [9.17, 15) is 4.79 Å². The van der Waals surface area contributed by atoms with Gasteiger partial charge in [-0.25, -0.2) is 0 Å². The molecule has 0 radical (unpaired) electrons. The van der Waals surface area contributed by atoms with Gasteiger partial charge in [0.05, 0.1) is 0 Å². The van der Waals surface area contributed by atoms with E-state index in [4.69, 9.17) is 5.11 Å². The summed E-state index contributed by atoms with van der Waals surface area (Å²) in [5, 5.41) is 15.0. The lowest BCUT2D eigenvalue weighted by Gasteiger charge is -2.06. The molecule has 4 heteroatoms. The number of hydrogen-bond donors (Lipinski definition) is 3. The third kappa shape index (κ3) is 27.4. The first-order valence-electron chi connectivity index (χ1n) is 14.4. The minimum atomic E-state index is 0.201. The monoisotopic (exact) mass is 454 g/mol. The lowest BCUT2D eigenvalue weighted by Crippen LogP contribution is -2.27. The second-order valence-electron chi connectivity index (χ2n) is 9.64. The minimum Gasteiger partial charge on any atom is -0.396 e. The molecule has 0 aromatic carbocycles. The first kappa shape index (κ1) is 31.4. The average molecular weight is 455 g/mol. The highest BCUT2D eigenvalue weighted by Gasteiger charge is 2.00. The SMILES string of the molecule is CCCCCCCCCCCCCCCCCCCCCC(=O)NCCCNCCCO. The minimum absolute atomic E-state index is 0.201. The Morgan fingerprint density at radius 2 is 0.938 bits per heavy atom. The fourth-order valence-electron chi connectivity index (χ4n) is 4.22. The lowest BCUT2D eigenvalue weighted by atomic mass is 10.0. The smallest absolute Gasteiger partial charge is 0.219 e. The molecule has 0 saturated carbocycles. The topological polar surface area (TPSA) is 61.4 Å². The molecule has 192 valence electrons. The van der Waals surface area contributed by atoms with E-state index >= 15 is 0 Å². The summed E-state index contributed by atoms with van der Waals surface area (Å²) in [6.07, 6.45) is 28.7. The fraction of sp³-hybridized carbons (Fsp3) is 0.964. The van der Waals surface area contributed by atoms with Crippen LogP contribution in [-0.2, 0) is 4.79 Å². The van der Waals surface area contributed by atoms with Crippen LogP contribution in [0.15, 0.2) is 0 Å². The Bertz CT molecular complexity index is 363. The first-order chi connectivity index (χ1) is 15.8. The van der Waals surface area contributed by atoms with Crippen molar-refractivity contribution in [3.63, 3.8) is 0 Å². The largest absolute Gasteiger partial charge is 0.396 e. The van der Waals surface area contributed by atoms with E-state index in [0.29, 0.717) is 6.42 Å². The Labute approximate surface area is 201 Å². The van der Waals surface area contributed by atoms with Crippen molar-refractivity contribution >= 4 is 5.91 Å². The van der Waals surface area contributed by atoms with Crippen molar-refractivity contribution in [2.45, 2.75) is 148 Å². The van der Waals surface area contributed by atoms with Crippen LogP contribution in [0.2, 0.25) is 0 Å². The summed E-state index contributed by atoms with van der Waals surface area (Å²) >= 11 is 0. The van der Waals surface area contributed by atoms with Crippen LogP contribution in [0.5, 0.6) is 0 Å². The van der Waals surface area contributed by atoms with Gasteiger partial charge in [-0.15, -0.1) is 0 Å². The number of rotatable bonds is 27. The Morgan fingerprint density at radius 1 is 0.531 bits per heavy atom. The maximum absolute atomic E-state index is 11.8. The van der Waals surface area contributed by atoms with Crippen LogP contribution in [-0.4, -0.2) is 37.3 Å². The Morgan fingerprint density at radius 3 is 1.38 bits per heavy atom. The van der Waals surface area contributed by atoms with E-state index < -0.39 is 0 Å². The summed E-state index contributed by atoms with van der Waals surface area (Å²) < 4.78 is 0. The molecule has 0 unspecified atom stereocenters. The van der Waals surface area contributed by atoms with Gasteiger partial charge in [-0.2, -0.15) is 0 Å². The molecule has 0 spiro atoms. The van der Waals surface area contributed by atoms with E-state index in [0.717, 1.165) is 38.9 Å². The van der Waals surface area contributed by atoms with Gasteiger partial charge in [-0.05, 0) is 32.4 Å². The van der Waals surface area contributed by atoms with Crippen LogP contribution >= 0.6 is 0 Å². The van der Waals surface area contributed by atoms with E-state index in [2.05, 4.69) is 17.6 Å². The molecular formula is C28H58N2O2. The molecular weight excluding hydrogens is 396 g/mol. The quantitative estimate of drug-likeness (QED) is 0.114. The predicted octanol–water partition coefficient (Wildman–Crippen LogP) is 7.29. The number of unbranched alkanes of at least 4 members (excludes halogenated alkanes) is 18.